The van der Waals surface area contributed by atoms with E-state index in [9.17, 15) is 14.7 Å². The van der Waals surface area contributed by atoms with Crippen LogP contribution in [0.4, 0.5) is 0 Å². The van der Waals surface area contributed by atoms with Gasteiger partial charge in [0.15, 0.2) is 16.3 Å². The van der Waals surface area contributed by atoms with Gasteiger partial charge in [-0.3, -0.25) is 9.36 Å². The fourth-order valence-electron chi connectivity index (χ4n) is 4.09. The van der Waals surface area contributed by atoms with Gasteiger partial charge in [0.1, 0.15) is 5.75 Å². The Labute approximate surface area is 222 Å². The first-order valence-corrected chi connectivity index (χ1v) is 12.9. The van der Waals surface area contributed by atoms with Crippen molar-refractivity contribution < 1.29 is 24.1 Å². The van der Waals surface area contributed by atoms with Crippen molar-refractivity contribution in [2.45, 2.75) is 39.8 Å². The first kappa shape index (κ1) is 26.5. The molecule has 1 N–H and O–H groups in total. The number of phenols is 1. The Balaban J connectivity index is 1.96. The smallest absolute Gasteiger partial charge is 0.338 e. The largest absolute Gasteiger partial charge is 0.507 e. The minimum absolute atomic E-state index is 0.0133. The first-order chi connectivity index (χ1) is 17.6. The SMILES string of the molecule is CCOC(=O)C1=C(C)N=c2s/c(=C\c3cc(Cl)ccc3O)c(=O)n2[C@H]1c1ccc(OC(C)C)c(OC)c1. The van der Waals surface area contributed by atoms with Crippen LogP contribution in [0.2, 0.25) is 5.02 Å². The zero-order valence-electron chi connectivity index (χ0n) is 21.1. The predicted octanol–water partition coefficient (Wildman–Crippen LogP) is 3.95. The molecular formula is C27H27ClN2O6S. The molecule has 0 saturated carbocycles. The summed E-state index contributed by atoms with van der Waals surface area (Å²) in [6.07, 6.45) is 1.49. The molecule has 0 bridgehead atoms. The van der Waals surface area contributed by atoms with Crippen LogP contribution in [0.25, 0.3) is 6.08 Å². The number of allylic oxidation sites excluding steroid dienone is 1. The van der Waals surface area contributed by atoms with Crippen molar-refractivity contribution in [1.82, 2.24) is 4.57 Å². The van der Waals surface area contributed by atoms with Crippen molar-refractivity contribution in [3.63, 3.8) is 0 Å². The van der Waals surface area contributed by atoms with E-state index in [0.29, 0.717) is 42.7 Å². The number of benzene rings is 2. The molecule has 0 radical (unpaired) electrons. The highest BCUT2D eigenvalue weighted by molar-refractivity contribution is 7.07. The Hall–Kier alpha value is -3.56. The highest BCUT2D eigenvalue weighted by Crippen LogP contribution is 2.36. The van der Waals surface area contributed by atoms with Gasteiger partial charge in [-0.15, -0.1) is 0 Å². The number of hydrogen-bond donors (Lipinski definition) is 1. The van der Waals surface area contributed by atoms with Crippen molar-refractivity contribution in [1.29, 1.82) is 0 Å². The summed E-state index contributed by atoms with van der Waals surface area (Å²) in [6.45, 7) is 7.43. The van der Waals surface area contributed by atoms with Crippen molar-refractivity contribution in [3.8, 4) is 17.2 Å². The maximum atomic E-state index is 13.7. The summed E-state index contributed by atoms with van der Waals surface area (Å²) in [5, 5.41) is 10.7. The molecule has 37 heavy (non-hydrogen) atoms. The van der Waals surface area contributed by atoms with Crippen LogP contribution in [0.1, 0.15) is 44.9 Å². The number of halogens is 1. The van der Waals surface area contributed by atoms with Crippen molar-refractivity contribution in [2.24, 2.45) is 4.99 Å². The number of carbonyl (C=O) groups excluding carboxylic acids is 1. The number of methoxy groups -OCH3 is 1. The maximum Gasteiger partial charge on any atom is 0.338 e. The maximum absolute atomic E-state index is 13.7. The minimum atomic E-state index is -0.813. The van der Waals surface area contributed by atoms with Gasteiger partial charge in [-0.1, -0.05) is 29.0 Å². The van der Waals surface area contributed by atoms with Gasteiger partial charge < -0.3 is 19.3 Å². The van der Waals surface area contributed by atoms with Crippen molar-refractivity contribution in [3.05, 3.63) is 83.5 Å². The Morgan fingerprint density at radius 2 is 2.00 bits per heavy atom. The van der Waals surface area contributed by atoms with Crippen LogP contribution in [0.15, 0.2) is 57.5 Å². The molecule has 1 aromatic heterocycles. The van der Waals surface area contributed by atoms with Gasteiger partial charge in [0, 0.05) is 10.6 Å². The topological polar surface area (TPSA) is 99.4 Å². The van der Waals surface area contributed by atoms with E-state index >= 15 is 0 Å². The van der Waals surface area contributed by atoms with Gasteiger partial charge in [-0.05, 0) is 69.7 Å². The third-order valence-corrected chi connectivity index (χ3v) is 6.88. The molecule has 4 rings (SSSR count). The fraction of sp³-hybridized carbons (Fsp3) is 0.296. The molecule has 1 atom stereocenters. The van der Waals surface area contributed by atoms with Crippen molar-refractivity contribution >= 4 is 35.0 Å². The number of ether oxygens (including phenoxy) is 3. The number of aromatic nitrogens is 1. The monoisotopic (exact) mass is 542 g/mol. The first-order valence-electron chi connectivity index (χ1n) is 11.7. The van der Waals surface area contributed by atoms with Crippen LogP contribution in [0.5, 0.6) is 17.2 Å². The Bertz CT molecular complexity index is 1570. The number of carbonyl (C=O) groups is 1. The summed E-state index contributed by atoms with van der Waals surface area (Å²) in [7, 11) is 1.53. The average Bonchev–Trinajstić information content (AvgIpc) is 3.15. The summed E-state index contributed by atoms with van der Waals surface area (Å²) in [4.78, 5) is 31.8. The highest BCUT2D eigenvalue weighted by Gasteiger charge is 2.34. The average molecular weight is 543 g/mol. The number of fused-ring (bicyclic) bond motifs is 1. The Morgan fingerprint density at radius 1 is 1.24 bits per heavy atom. The third-order valence-electron chi connectivity index (χ3n) is 5.66. The molecule has 2 heterocycles. The molecule has 0 saturated heterocycles. The van der Waals surface area contributed by atoms with E-state index in [1.807, 2.05) is 13.8 Å². The van der Waals surface area contributed by atoms with Crippen LogP contribution in [0, 0.1) is 0 Å². The van der Waals surface area contributed by atoms with Crippen LogP contribution in [0.3, 0.4) is 0 Å². The van der Waals surface area contributed by atoms with Gasteiger partial charge in [-0.2, -0.15) is 0 Å². The second-order valence-corrected chi connectivity index (χ2v) is 10.0. The third kappa shape index (κ3) is 5.28. The number of nitrogens with zero attached hydrogens (tertiary/aromatic N) is 2. The molecule has 3 aromatic rings. The second kappa shape index (κ2) is 10.8. The zero-order valence-corrected chi connectivity index (χ0v) is 22.6. The molecule has 1 aliphatic heterocycles. The molecule has 10 heteroatoms. The molecule has 0 aliphatic carbocycles. The van der Waals surface area contributed by atoms with Crippen LogP contribution in [-0.4, -0.2) is 35.5 Å². The molecule has 2 aromatic carbocycles. The Morgan fingerprint density at radius 3 is 2.68 bits per heavy atom. The van der Waals surface area contributed by atoms with E-state index < -0.39 is 12.0 Å². The lowest BCUT2D eigenvalue weighted by atomic mass is 9.95. The molecular weight excluding hydrogens is 516 g/mol. The molecule has 0 unspecified atom stereocenters. The van der Waals surface area contributed by atoms with E-state index in [2.05, 4.69) is 4.99 Å². The zero-order chi connectivity index (χ0) is 26.9. The van der Waals surface area contributed by atoms with Gasteiger partial charge in [0.05, 0.1) is 41.7 Å². The number of aromatic hydroxyl groups is 1. The summed E-state index contributed by atoms with van der Waals surface area (Å²) < 4.78 is 18.5. The summed E-state index contributed by atoms with van der Waals surface area (Å²) in [6, 6.07) is 9.08. The van der Waals surface area contributed by atoms with E-state index in [1.54, 1.807) is 50.3 Å². The van der Waals surface area contributed by atoms with Crippen molar-refractivity contribution in [2.75, 3.05) is 13.7 Å². The van der Waals surface area contributed by atoms with Crippen LogP contribution < -0.4 is 24.4 Å². The lowest BCUT2D eigenvalue weighted by molar-refractivity contribution is -0.139. The quantitative estimate of drug-likeness (QED) is 0.454. The number of hydrogen-bond acceptors (Lipinski definition) is 8. The number of phenolic OH excluding ortho intramolecular Hbond substituents is 1. The predicted molar refractivity (Wildman–Crippen MR) is 142 cm³/mol. The number of esters is 1. The normalized spacial score (nSPS) is 15.4. The summed E-state index contributed by atoms with van der Waals surface area (Å²) in [5.74, 6) is 0.441. The molecule has 1 aliphatic rings. The fourth-order valence-corrected chi connectivity index (χ4v) is 5.31. The number of rotatable bonds is 7. The molecule has 0 fully saturated rings. The van der Waals surface area contributed by atoms with Gasteiger partial charge in [0.25, 0.3) is 5.56 Å². The minimum Gasteiger partial charge on any atom is -0.507 e. The van der Waals surface area contributed by atoms with Gasteiger partial charge in [-0.25, -0.2) is 9.79 Å². The van der Waals surface area contributed by atoms with E-state index in [1.165, 1.54) is 17.7 Å². The van der Waals surface area contributed by atoms with Crippen LogP contribution >= 0.6 is 22.9 Å². The summed E-state index contributed by atoms with van der Waals surface area (Å²) >= 11 is 7.25. The Kier molecular flexibility index (Phi) is 7.75. The molecule has 0 amide bonds. The van der Waals surface area contributed by atoms with Gasteiger partial charge >= 0.3 is 5.97 Å². The van der Waals surface area contributed by atoms with Crippen LogP contribution in [-0.2, 0) is 9.53 Å². The second-order valence-electron chi connectivity index (χ2n) is 8.58. The van der Waals surface area contributed by atoms with E-state index in [-0.39, 0.29) is 29.6 Å². The lowest BCUT2D eigenvalue weighted by Crippen LogP contribution is -2.40. The molecule has 194 valence electrons. The number of thiazole rings is 1. The summed E-state index contributed by atoms with van der Waals surface area (Å²) in [5.41, 5.74) is 1.36. The molecule has 0 spiro atoms. The highest BCUT2D eigenvalue weighted by atomic mass is 35.5. The molecule has 8 nitrogen and oxygen atoms in total. The standard InChI is InChI=1S/C27H27ClN2O6S/c1-6-35-26(33)23-15(4)29-27-30(24(23)16-7-10-20(36-14(2)3)21(12-16)34-5)25(32)22(37-27)13-17-11-18(28)8-9-19(17)31/h7-14,24,31H,6H2,1-5H3/b22-13-/t24-/m0/s1. The lowest BCUT2D eigenvalue weighted by Gasteiger charge is -2.25. The van der Waals surface area contributed by atoms with Gasteiger partial charge in [0.2, 0.25) is 0 Å². The van der Waals surface area contributed by atoms with E-state index in [4.69, 9.17) is 25.8 Å². The van der Waals surface area contributed by atoms with E-state index in [0.717, 1.165) is 11.3 Å².